The van der Waals surface area contributed by atoms with Crippen molar-refractivity contribution in [1.29, 1.82) is 0 Å². The van der Waals surface area contributed by atoms with Crippen LogP contribution in [-0.4, -0.2) is 77.3 Å². The van der Waals surface area contributed by atoms with E-state index < -0.39 is 0 Å². The zero-order valence-electron chi connectivity index (χ0n) is 14.4. The Labute approximate surface area is 144 Å². The summed E-state index contributed by atoms with van der Waals surface area (Å²) in [6.45, 7) is 6.61. The van der Waals surface area contributed by atoms with Gasteiger partial charge in [0.2, 0.25) is 0 Å². The van der Waals surface area contributed by atoms with Gasteiger partial charge in [0.25, 0.3) is 0 Å². The van der Waals surface area contributed by atoms with Gasteiger partial charge >= 0.3 is 0 Å². The first kappa shape index (κ1) is 17.2. The van der Waals surface area contributed by atoms with Crippen molar-refractivity contribution in [3.05, 3.63) is 0 Å². The number of hydrogen-bond donors (Lipinski definition) is 0. The largest absolute Gasteiger partial charge is 0.381 e. The van der Waals surface area contributed by atoms with E-state index in [9.17, 15) is 0 Å². The molecule has 0 amide bonds. The molecule has 2 saturated carbocycles. The van der Waals surface area contributed by atoms with E-state index in [0.717, 1.165) is 51.5 Å². The summed E-state index contributed by atoms with van der Waals surface area (Å²) >= 11 is 0. The lowest BCUT2D eigenvalue weighted by atomic mass is 10.2. The molecule has 4 aliphatic heterocycles. The molecule has 6 aliphatic rings. The van der Waals surface area contributed by atoms with Gasteiger partial charge in [0.1, 0.15) is 12.2 Å². The first-order valence-electron chi connectivity index (χ1n) is 9.52. The number of rotatable bonds is 0. The second-order valence-electron chi connectivity index (χ2n) is 7.40. The summed E-state index contributed by atoms with van der Waals surface area (Å²) < 4.78 is 31.9. The first-order valence-corrected chi connectivity index (χ1v) is 9.52. The summed E-state index contributed by atoms with van der Waals surface area (Å²) in [7, 11) is 0. The molecule has 4 heterocycles. The fourth-order valence-electron chi connectivity index (χ4n) is 3.99. The van der Waals surface area contributed by atoms with E-state index in [4.69, 9.17) is 28.4 Å². The van der Waals surface area contributed by atoms with Crippen LogP contribution in [0.1, 0.15) is 25.7 Å². The van der Waals surface area contributed by atoms with Gasteiger partial charge in [0, 0.05) is 13.2 Å². The standard InChI is InChI=1S/C7H12O2.C6H10O3.C5H8O/c1-2-6-7(3-1)9-5-4-8-6;1-2-9-6-4-7-3-5(6)8-1;1-4-2-6-3-5(1)4/h6-7H,1-5H2;5-6H,1-4H2;4-5H,1-3H2. The van der Waals surface area contributed by atoms with E-state index in [1.807, 2.05) is 0 Å². The minimum atomic E-state index is 0.221. The Morgan fingerprint density at radius 3 is 1.38 bits per heavy atom. The zero-order valence-corrected chi connectivity index (χ0v) is 14.4. The first-order chi connectivity index (χ1) is 11.9. The highest BCUT2D eigenvalue weighted by molar-refractivity contribution is 4.89. The molecule has 0 aromatic carbocycles. The van der Waals surface area contributed by atoms with Crippen LogP contribution in [0.3, 0.4) is 0 Å². The molecule has 6 atom stereocenters. The van der Waals surface area contributed by atoms with Crippen molar-refractivity contribution in [3.8, 4) is 0 Å². The van der Waals surface area contributed by atoms with Gasteiger partial charge in [-0.3, -0.25) is 0 Å². The van der Waals surface area contributed by atoms with Gasteiger partial charge in [-0.2, -0.15) is 0 Å². The van der Waals surface area contributed by atoms with Crippen molar-refractivity contribution in [2.45, 2.75) is 50.1 Å². The van der Waals surface area contributed by atoms with Crippen molar-refractivity contribution in [3.63, 3.8) is 0 Å². The average molecular weight is 342 g/mol. The van der Waals surface area contributed by atoms with Crippen molar-refractivity contribution < 1.29 is 28.4 Å². The van der Waals surface area contributed by atoms with Gasteiger partial charge in [-0.25, -0.2) is 0 Å². The molecule has 0 N–H and O–H groups in total. The fraction of sp³-hybridized carbons (Fsp3) is 1.00. The summed E-state index contributed by atoms with van der Waals surface area (Å²) in [6, 6.07) is 0. The lowest BCUT2D eigenvalue weighted by Crippen LogP contribution is -2.36. The van der Waals surface area contributed by atoms with Crippen molar-refractivity contribution >= 4 is 0 Å². The third-order valence-electron chi connectivity index (χ3n) is 5.60. The van der Waals surface area contributed by atoms with Gasteiger partial charge < -0.3 is 28.4 Å². The highest BCUT2D eigenvalue weighted by Crippen LogP contribution is 2.43. The molecule has 6 rings (SSSR count). The van der Waals surface area contributed by atoms with Crippen LogP contribution in [0.5, 0.6) is 0 Å². The fourth-order valence-corrected chi connectivity index (χ4v) is 3.99. The van der Waals surface area contributed by atoms with Crippen molar-refractivity contribution in [2.75, 3.05) is 52.9 Å². The molecule has 6 heteroatoms. The normalized spacial score (nSPS) is 45.0. The van der Waals surface area contributed by atoms with Crippen molar-refractivity contribution in [2.24, 2.45) is 11.8 Å². The monoisotopic (exact) mass is 342 g/mol. The maximum atomic E-state index is 5.48. The average Bonchev–Trinajstić information content (AvgIpc) is 3.11. The molecule has 0 spiro atoms. The molecule has 138 valence electrons. The van der Waals surface area contributed by atoms with Crippen LogP contribution in [-0.2, 0) is 28.4 Å². The molecular formula is C18H30O6. The highest BCUT2D eigenvalue weighted by atomic mass is 16.6. The predicted molar refractivity (Wildman–Crippen MR) is 86.0 cm³/mol. The highest BCUT2D eigenvalue weighted by Gasteiger charge is 2.41. The van der Waals surface area contributed by atoms with E-state index in [0.29, 0.717) is 25.4 Å². The zero-order chi connectivity index (χ0) is 16.2. The second-order valence-corrected chi connectivity index (χ2v) is 7.40. The summed E-state index contributed by atoms with van der Waals surface area (Å²) in [4.78, 5) is 0. The van der Waals surface area contributed by atoms with Gasteiger partial charge in [0.15, 0.2) is 0 Å². The molecular weight excluding hydrogens is 312 g/mol. The van der Waals surface area contributed by atoms with Crippen molar-refractivity contribution in [1.82, 2.24) is 0 Å². The Morgan fingerprint density at radius 2 is 0.958 bits per heavy atom. The van der Waals surface area contributed by atoms with E-state index in [2.05, 4.69) is 0 Å². The van der Waals surface area contributed by atoms with Crippen LogP contribution < -0.4 is 0 Å². The summed E-state index contributed by atoms with van der Waals surface area (Å²) in [5.41, 5.74) is 0. The van der Waals surface area contributed by atoms with Gasteiger partial charge in [-0.05, 0) is 37.5 Å². The molecule has 0 radical (unpaired) electrons. The Bertz CT molecular complexity index is 334. The summed E-state index contributed by atoms with van der Waals surface area (Å²) in [6.07, 6.45) is 6.50. The number of hydrogen-bond acceptors (Lipinski definition) is 6. The molecule has 6 unspecified atom stereocenters. The molecule has 4 saturated heterocycles. The number of fused-ring (bicyclic) bond motifs is 3. The van der Waals surface area contributed by atoms with E-state index in [-0.39, 0.29) is 12.2 Å². The molecule has 6 fully saturated rings. The lowest BCUT2D eigenvalue weighted by Gasteiger charge is -2.25. The predicted octanol–water partition coefficient (Wildman–Crippen LogP) is 1.41. The van der Waals surface area contributed by atoms with Crippen LogP contribution in [0.2, 0.25) is 0 Å². The quantitative estimate of drug-likeness (QED) is 0.663. The van der Waals surface area contributed by atoms with Crippen LogP contribution in [0.25, 0.3) is 0 Å². The SMILES string of the molecule is C1CC2OCCOC2C1.C1COC2COCC2O1.C1OCC2CC12. The Balaban J connectivity index is 0.0000000930. The molecule has 0 aromatic heterocycles. The summed E-state index contributed by atoms with van der Waals surface area (Å²) in [5.74, 6) is 1.98. The molecule has 6 nitrogen and oxygen atoms in total. The topological polar surface area (TPSA) is 55.4 Å². The minimum absolute atomic E-state index is 0.221. The van der Waals surface area contributed by atoms with E-state index in [1.54, 1.807) is 0 Å². The maximum absolute atomic E-state index is 5.48. The molecule has 0 bridgehead atoms. The van der Waals surface area contributed by atoms with Crippen LogP contribution in [0.4, 0.5) is 0 Å². The molecule has 2 aliphatic carbocycles. The Kier molecular flexibility index (Phi) is 6.04. The Hall–Kier alpha value is -0.240. The van der Waals surface area contributed by atoms with Crippen LogP contribution in [0.15, 0.2) is 0 Å². The molecule has 24 heavy (non-hydrogen) atoms. The van der Waals surface area contributed by atoms with Gasteiger partial charge in [-0.15, -0.1) is 0 Å². The lowest BCUT2D eigenvalue weighted by molar-refractivity contribution is -0.124. The third kappa shape index (κ3) is 4.48. The molecule has 0 aromatic rings. The smallest absolute Gasteiger partial charge is 0.109 e. The number of ether oxygens (including phenoxy) is 6. The van der Waals surface area contributed by atoms with E-state index in [1.165, 1.54) is 25.7 Å². The minimum Gasteiger partial charge on any atom is -0.381 e. The Morgan fingerprint density at radius 1 is 0.500 bits per heavy atom. The maximum Gasteiger partial charge on any atom is 0.109 e. The van der Waals surface area contributed by atoms with Crippen LogP contribution in [0, 0.1) is 11.8 Å². The third-order valence-corrected chi connectivity index (χ3v) is 5.60. The van der Waals surface area contributed by atoms with Gasteiger partial charge in [0.05, 0.1) is 51.8 Å². The summed E-state index contributed by atoms with van der Waals surface area (Å²) in [5, 5.41) is 0. The van der Waals surface area contributed by atoms with Crippen LogP contribution >= 0.6 is 0 Å². The second kappa shape index (κ2) is 8.43. The van der Waals surface area contributed by atoms with Gasteiger partial charge in [-0.1, -0.05) is 0 Å². The van der Waals surface area contributed by atoms with E-state index >= 15 is 0 Å².